The highest BCUT2D eigenvalue weighted by atomic mass is 16.5. The number of hydrogen-bond donors (Lipinski definition) is 1. The number of fused-ring (bicyclic) bond motifs is 1. The van der Waals surface area contributed by atoms with E-state index in [1.54, 1.807) is 7.11 Å². The molecule has 0 saturated carbocycles. The van der Waals surface area contributed by atoms with Gasteiger partial charge in [-0.05, 0) is 35.6 Å². The van der Waals surface area contributed by atoms with Crippen LogP contribution < -0.4 is 10.1 Å². The Labute approximate surface area is 95.8 Å². The van der Waals surface area contributed by atoms with Gasteiger partial charge in [0.25, 0.3) is 5.91 Å². The number of benzene rings is 1. The van der Waals surface area contributed by atoms with Crippen LogP contribution in [0.3, 0.4) is 0 Å². The molecule has 0 radical (unpaired) electrons. The zero-order valence-electron chi connectivity index (χ0n) is 9.96. The first-order valence-electron chi connectivity index (χ1n) is 5.62. The van der Waals surface area contributed by atoms with Crippen molar-refractivity contribution in [1.29, 1.82) is 0 Å². The summed E-state index contributed by atoms with van der Waals surface area (Å²) < 4.78 is 5.38. The van der Waals surface area contributed by atoms with Crippen molar-refractivity contribution in [3.8, 4) is 5.75 Å². The third kappa shape index (κ3) is 1.77. The number of carbonyl (C=O) groups excluding carboxylic acids is 1. The Hall–Kier alpha value is -1.51. The van der Waals surface area contributed by atoms with Gasteiger partial charge >= 0.3 is 0 Å². The molecule has 2 rings (SSSR count). The van der Waals surface area contributed by atoms with Crippen molar-refractivity contribution in [2.75, 3.05) is 13.7 Å². The molecule has 0 fully saturated rings. The van der Waals surface area contributed by atoms with Crippen molar-refractivity contribution in [2.45, 2.75) is 26.2 Å². The Morgan fingerprint density at radius 1 is 1.38 bits per heavy atom. The second-order valence-electron chi connectivity index (χ2n) is 4.41. The maximum atomic E-state index is 11.7. The summed E-state index contributed by atoms with van der Waals surface area (Å²) in [5, 5.41) is 2.86. The molecule has 0 atom stereocenters. The molecule has 0 bridgehead atoms. The SMILES string of the molecule is COc1cc2c(cc1C(C)C)C(=O)NCC2. The van der Waals surface area contributed by atoms with Gasteiger partial charge in [-0.3, -0.25) is 4.79 Å². The fourth-order valence-electron chi connectivity index (χ4n) is 2.09. The number of carbonyl (C=O) groups is 1. The summed E-state index contributed by atoms with van der Waals surface area (Å²) in [6.45, 7) is 4.92. The van der Waals surface area contributed by atoms with Crippen LogP contribution in [0, 0.1) is 0 Å². The monoisotopic (exact) mass is 219 g/mol. The molecule has 1 aromatic rings. The molecule has 0 spiro atoms. The molecular weight excluding hydrogens is 202 g/mol. The van der Waals surface area contributed by atoms with Crippen LogP contribution in [0.2, 0.25) is 0 Å². The first-order valence-corrected chi connectivity index (χ1v) is 5.62. The highest BCUT2D eigenvalue weighted by Gasteiger charge is 2.20. The van der Waals surface area contributed by atoms with E-state index in [4.69, 9.17) is 4.74 Å². The van der Waals surface area contributed by atoms with E-state index < -0.39 is 0 Å². The third-order valence-corrected chi connectivity index (χ3v) is 3.00. The summed E-state index contributed by atoms with van der Waals surface area (Å²) in [6, 6.07) is 3.97. The summed E-state index contributed by atoms with van der Waals surface area (Å²) in [4.78, 5) is 11.7. The molecule has 0 aromatic heterocycles. The van der Waals surface area contributed by atoms with Crippen LogP contribution in [0.25, 0.3) is 0 Å². The molecule has 1 aliphatic heterocycles. The molecule has 3 heteroatoms. The summed E-state index contributed by atoms with van der Waals surface area (Å²) in [7, 11) is 1.68. The summed E-state index contributed by atoms with van der Waals surface area (Å²) in [6.07, 6.45) is 0.885. The van der Waals surface area contributed by atoms with Crippen LogP contribution in [0.4, 0.5) is 0 Å². The van der Waals surface area contributed by atoms with E-state index in [9.17, 15) is 4.79 Å². The molecule has 1 N–H and O–H groups in total. The van der Waals surface area contributed by atoms with Crippen LogP contribution in [0.1, 0.15) is 41.3 Å². The minimum absolute atomic E-state index is 0.0332. The van der Waals surface area contributed by atoms with Gasteiger partial charge in [0.1, 0.15) is 5.75 Å². The summed E-state index contributed by atoms with van der Waals surface area (Å²) in [5.74, 6) is 1.28. The first-order chi connectivity index (χ1) is 7.63. The third-order valence-electron chi connectivity index (χ3n) is 3.00. The van der Waals surface area contributed by atoms with E-state index in [0.29, 0.717) is 5.92 Å². The minimum atomic E-state index is 0.0332. The van der Waals surface area contributed by atoms with Gasteiger partial charge in [0.2, 0.25) is 0 Å². The lowest BCUT2D eigenvalue weighted by Gasteiger charge is -2.20. The Morgan fingerprint density at radius 3 is 2.75 bits per heavy atom. The predicted molar refractivity (Wildman–Crippen MR) is 63.1 cm³/mol. The van der Waals surface area contributed by atoms with Crippen molar-refractivity contribution in [3.05, 3.63) is 28.8 Å². The van der Waals surface area contributed by atoms with Crippen molar-refractivity contribution in [2.24, 2.45) is 0 Å². The predicted octanol–water partition coefficient (Wildman–Crippen LogP) is 2.10. The zero-order chi connectivity index (χ0) is 11.7. The van der Waals surface area contributed by atoms with Crippen LogP contribution in [-0.4, -0.2) is 19.6 Å². The lowest BCUT2D eigenvalue weighted by molar-refractivity contribution is 0.0946. The van der Waals surface area contributed by atoms with Gasteiger partial charge in [-0.1, -0.05) is 13.8 Å². The molecular formula is C13H17NO2. The lowest BCUT2D eigenvalue weighted by Crippen LogP contribution is -2.32. The van der Waals surface area contributed by atoms with E-state index in [1.807, 2.05) is 12.1 Å². The topological polar surface area (TPSA) is 38.3 Å². The van der Waals surface area contributed by atoms with Crippen LogP contribution >= 0.6 is 0 Å². The molecule has 1 aromatic carbocycles. The molecule has 1 amide bonds. The largest absolute Gasteiger partial charge is 0.496 e. The van der Waals surface area contributed by atoms with Crippen LogP contribution in [0.15, 0.2) is 12.1 Å². The molecule has 86 valence electrons. The highest BCUT2D eigenvalue weighted by molar-refractivity contribution is 5.97. The molecule has 1 heterocycles. The van der Waals surface area contributed by atoms with E-state index in [0.717, 1.165) is 35.4 Å². The molecule has 0 aliphatic carbocycles. The van der Waals surface area contributed by atoms with E-state index in [1.165, 1.54) is 0 Å². The van der Waals surface area contributed by atoms with Gasteiger partial charge in [-0.15, -0.1) is 0 Å². The summed E-state index contributed by atoms with van der Waals surface area (Å²) in [5.41, 5.74) is 2.99. The lowest BCUT2D eigenvalue weighted by atomic mass is 9.92. The number of nitrogens with one attached hydrogen (secondary N) is 1. The molecule has 0 unspecified atom stereocenters. The number of hydrogen-bond acceptors (Lipinski definition) is 2. The summed E-state index contributed by atoms with van der Waals surface area (Å²) >= 11 is 0. The van der Waals surface area contributed by atoms with Crippen molar-refractivity contribution in [1.82, 2.24) is 5.32 Å². The number of amides is 1. The Balaban J connectivity index is 2.55. The second kappa shape index (κ2) is 4.16. The van der Waals surface area contributed by atoms with Crippen LogP contribution in [0.5, 0.6) is 5.75 Å². The molecule has 1 aliphatic rings. The zero-order valence-corrected chi connectivity index (χ0v) is 9.96. The fraction of sp³-hybridized carbons (Fsp3) is 0.462. The second-order valence-corrected chi connectivity index (χ2v) is 4.41. The van der Waals surface area contributed by atoms with Gasteiger partial charge in [-0.2, -0.15) is 0 Å². The number of ether oxygens (including phenoxy) is 1. The van der Waals surface area contributed by atoms with Crippen molar-refractivity contribution >= 4 is 5.91 Å². The van der Waals surface area contributed by atoms with Gasteiger partial charge in [-0.25, -0.2) is 0 Å². The van der Waals surface area contributed by atoms with E-state index in [2.05, 4.69) is 19.2 Å². The maximum Gasteiger partial charge on any atom is 0.251 e. The smallest absolute Gasteiger partial charge is 0.251 e. The van der Waals surface area contributed by atoms with Crippen molar-refractivity contribution in [3.63, 3.8) is 0 Å². The standard InChI is InChI=1S/C13H17NO2/c1-8(2)10-7-11-9(6-12(10)16-3)4-5-14-13(11)15/h6-8H,4-5H2,1-3H3,(H,14,15). The van der Waals surface area contributed by atoms with E-state index >= 15 is 0 Å². The van der Waals surface area contributed by atoms with Crippen LogP contribution in [-0.2, 0) is 6.42 Å². The average molecular weight is 219 g/mol. The highest BCUT2D eigenvalue weighted by Crippen LogP contribution is 2.30. The maximum absolute atomic E-state index is 11.7. The van der Waals surface area contributed by atoms with E-state index in [-0.39, 0.29) is 5.91 Å². The Bertz CT molecular complexity index is 424. The molecule has 0 saturated heterocycles. The Kier molecular flexibility index (Phi) is 2.86. The minimum Gasteiger partial charge on any atom is -0.496 e. The van der Waals surface area contributed by atoms with Crippen molar-refractivity contribution < 1.29 is 9.53 Å². The number of rotatable bonds is 2. The fourth-order valence-corrected chi connectivity index (χ4v) is 2.09. The molecule has 3 nitrogen and oxygen atoms in total. The van der Waals surface area contributed by atoms with Gasteiger partial charge in [0.05, 0.1) is 7.11 Å². The van der Waals surface area contributed by atoms with Gasteiger partial charge < -0.3 is 10.1 Å². The van der Waals surface area contributed by atoms with Gasteiger partial charge in [0, 0.05) is 12.1 Å². The average Bonchev–Trinajstić information content (AvgIpc) is 2.27. The first kappa shape index (κ1) is 11.0. The normalized spacial score (nSPS) is 14.6. The quantitative estimate of drug-likeness (QED) is 0.827. The van der Waals surface area contributed by atoms with Gasteiger partial charge in [0.15, 0.2) is 0 Å². The Morgan fingerprint density at radius 2 is 2.12 bits per heavy atom. The number of methoxy groups -OCH3 is 1. The molecule has 16 heavy (non-hydrogen) atoms.